The first-order valence-electron chi connectivity index (χ1n) is 9.11. The smallest absolute Gasteiger partial charge is 0.349 e. The van der Waals surface area contributed by atoms with Crippen LogP contribution < -0.4 is 11.0 Å². The summed E-state index contributed by atoms with van der Waals surface area (Å²) in [7, 11) is 1.47. The quantitative estimate of drug-likeness (QED) is 0.674. The highest BCUT2D eigenvalue weighted by Gasteiger charge is 2.49. The molecule has 0 saturated heterocycles. The molecule has 0 aliphatic heterocycles. The summed E-state index contributed by atoms with van der Waals surface area (Å²) in [6.07, 6.45) is 1.55. The summed E-state index contributed by atoms with van der Waals surface area (Å²) < 4.78 is 11.9. The van der Waals surface area contributed by atoms with Crippen LogP contribution in [0.4, 0.5) is 5.82 Å². The van der Waals surface area contributed by atoms with Crippen LogP contribution in [-0.4, -0.2) is 47.2 Å². The number of amides is 1. The third kappa shape index (κ3) is 4.35. The van der Waals surface area contributed by atoms with E-state index in [1.54, 1.807) is 30.3 Å². The number of benzene rings is 1. The van der Waals surface area contributed by atoms with Crippen LogP contribution in [0.1, 0.15) is 29.2 Å². The number of nitriles is 1. The maximum Gasteiger partial charge on any atom is 0.349 e. The lowest BCUT2D eigenvalue weighted by Crippen LogP contribution is -2.34. The summed E-state index contributed by atoms with van der Waals surface area (Å²) in [4.78, 5) is 28.7. The van der Waals surface area contributed by atoms with Crippen LogP contribution in [0, 0.1) is 16.7 Å². The van der Waals surface area contributed by atoms with Gasteiger partial charge in [-0.05, 0) is 31.0 Å². The predicted molar refractivity (Wildman–Crippen MR) is 103 cm³/mol. The van der Waals surface area contributed by atoms with Crippen molar-refractivity contribution in [1.82, 2.24) is 9.55 Å². The lowest BCUT2D eigenvalue weighted by atomic mass is 9.86. The number of nitrogens with zero attached hydrogens (tertiary/aromatic N) is 3. The molecule has 1 saturated carbocycles. The van der Waals surface area contributed by atoms with Gasteiger partial charge < -0.3 is 19.9 Å². The number of ether oxygens (including phenoxy) is 2. The summed E-state index contributed by atoms with van der Waals surface area (Å²) in [6, 6.07) is 11.9. The fraction of sp³-hybridized carbons (Fsp3) is 0.400. The molecule has 0 spiro atoms. The highest BCUT2D eigenvalue weighted by Crippen LogP contribution is 2.45. The maximum atomic E-state index is 12.5. The molecule has 1 aromatic heterocycles. The topological polar surface area (TPSA) is 126 Å². The average molecular weight is 398 g/mol. The Morgan fingerprint density at radius 3 is 2.79 bits per heavy atom. The van der Waals surface area contributed by atoms with E-state index >= 15 is 0 Å². The van der Waals surface area contributed by atoms with E-state index in [2.05, 4.69) is 16.4 Å². The Hall–Kier alpha value is -3.06. The Labute approximate surface area is 167 Å². The van der Waals surface area contributed by atoms with E-state index in [0.29, 0.717) is 12.0 Å². The molecule has 0 unspecified atom stereocenters. The van der Waals surface area contributed by atoms with Crippen molar-refractivity contribution in [2.24, 2.45) is 5.41 Å². The third-order valence-electron chi connectivity index (χ3n) is 5.10. The number of anilines is 1. The standard InChI is InChI=1S/C20H22N4O5/c1-28-13-29-16-9-15(10-20(16,11-21)12-25)24-8-7-17(23-19(24)27)22-18(26)14-5-3-2-4-6-14/h2-8,15-16,25H,9-10,12-13H2,1H3,(H,22,23,26,27)/t15-,16-,20-/m0/s1. The van der Waals surface area contributed by atoms with Crippen LogP contribution in [0.15, 0.2) is 47.4 Å². The normalized spacial score (nSPS) is 23.5. The molecular formula is C20H22N4O5. The van der Waals surface area contributed by atoms with Gasteiger partial charge in [0.25, 0.3) is 5.91 Å². The first kappa shape index (κ1) is 20.7. The van der Waals surface area contributed by atoms with Crippen molar-refractivity contribution < 1.29 is 19.4 Å². The number of rotatable bonds is 7. The van der Waals surface area contributed by atoms with E-state index in [1.165, 1.54) is 23.9 Å². The number of carbonyl (C=O) groups excluding carboxylic acids is 1. The highest BCUT2D eigenvalue weighted by atomic mass is 16.7. The molecule has 1 aliphatic carbocycles. The lowest BCUT2D eigenvalue weighted by Gasteiger charge is -2.25. The predicted octanol–water partition coefficient (Wildman–Crippen LogP) is 1.32. The zero-order valence-corrected chi connectivity index (χ0v) is 15.9. The first-order chi connectivity index (χ1) is 14.0. The molecule has 1 fully saturated rings. The molecule has 152 valence electrons. The molecule has 1 amide bonds. The van der Waals surface area contributed by atoms with E-state index in [1.807, 2.05) is 0 Å². The highest BCUT2D eigenvalue weighted by molar-refractivity contribution is 6.03. The van der Waals surface area contributed by atoms with E-state index in [0.717, 1.165) is 0 Å². The SMILES string of the molecule is COCO[C@H]1C[C@H](n2ccc(NC(=O)c3ccccc3)nc2=O)C[C@]1(C#N)CO. The molecular weight excluding hydrogens is 376 g/mol. The van der Waals surface area contributed by atoms with Crippen LogP contribution in [0.2, 0.25) is 0 Å². The Bertz CT molecular complexity index is 955. The summed E-state index contributed by atoms with van der Waals surface area (Å²) in [5, 5.41) is 22.0. The van der Waals surface area contributed by atoms with Crippen LogP contribution in [0.3, 0.4) is 0 Å². The van der Waals surface area contributed by atoms with Gasteiger partial charge in [0.05, 0.1) is 18.8 Å². The van der Waals surface area contributed by atoms with E-state index in [4.69, 9.17) is 9.47 Å². The number of aromatic nitrogens is 2. The number of hydrogen-bond donors (Lipinski definition) is 2. The molecule has 2 N–H and O–H groups in total. The van der Waals surface area contributed by atoms with Crippen molar-refractivity contribution in [2.45, 2.75) is 25.0 Å². The first-order valence-corrected chi connectivity index (χ1v) is 9.11. The Balaban J connectivity index is 1.77. The zero-order valence-electron chi connectivity index (χ0n) is 15.9. The molecule has 29 heavy (non-hydrogen) atoms. The fourth-order valence-electron chi connectivity index (χ4n) is 3.56. The van der Waals surface area contributed by atoms with E-state index < -0.39 is 17.2 Å². The Morgan fingerprint density at radius 2 is 2.17 bits per heavy atom. The molecule has 1 aliphatic rings. The molecule has 0 bridgehead atoms. The summed E-state index contributed by atoms with van der Waals surface area (Å²) in [6.45, 7) is -0.403. The zero-order chi connectivity index (χ0) is 20.9. The van der Waals surface area contributed by atoms with E-state index in [9.17, 15) is 20.0 Å². The van der Waals surface area contributed by atoms with Crippen molar-refractivity contribution in [2.75, 3.05) is 25.8 Å². The van der Waals surface area contributed by atoms with Gasteiger partial charge in [-0.25, -0.2) is 4.79 Å². The number of aliphatic hydroxyl groups is 1. The molecule has 1 aromatic carbocycles. The summed E-state index contributed by atoms with van der Waals surface area (Å²) >= 11 is 0. The minimum atomic E-state index is -1.12. The van der Waals surface area contributed by atoms with Crippen LogP contribution in [-0.2, 0) is 9.47 Å². The van der Waals surface area contributed by atoms with Crippen molar-refractivity contribution in [1.29, 1.82) is 5.26 Å². The molecule has 9 nitrogen and oxygen atoms in total. The van der Waals surface area contributed by atoms with Gasteiger partial charge in [0, 0.05) is 24.9 Å². The Morgan fingerprint density at radius 1 is 1.41 bits per heavy atom. The van der Waals surface area contributed by atoms with Gasteiger partial charge in [-0.15, -0.1) is 0 Å². The minimum absolute atomic E-state index is 0.0155. The van der Waals surface area contributed by atoms with Gasteiger partial charge >= 0.3 is 5.69 Å². The molecule has 3 atom stereocenters. The van der Waals surface area contributed by atoms with Gasteiger partial charge in [0.1, 0.15) is 18.0 Å². The van der Waals surface area contributed by atoms with Crippen LogP contribution in [0.25, 0.3) is 0 Å². The average Bonchev–Trinajstić information content (AvgIpc) is 3.11. The van der Waals surface area contributed by atoms with Gasteiger partial charge in [-0.1, -0.05) is 18.2 Å². The molecule has 9 heteroatoms. The second kappa shape index (κ2) is 8.96. The number of nitrogens with one attached hydrogen (secondary N) is 1. The molecule has 0 radical (unpaired) electrons. The summed E-state index contributed by atoms with van der Waals surface area (Å²) in [5.41, 5.74) is -1.23. The van der Waals surface area contributed by atoms with Crippen LogP contribution >= 0.6 is 0 Å². The number of methoxy groups -OCH3 is 1. The van der Waals surface area contributed by atoms with Gasteiger partial charge in [-0.3, -0.25) is 9.36 Å². The lowest BCUT2D eigenvalue weighted by molar-refractivity contribution is -0.104. The van der Waals surface area contributed by atoms with Crippen molar-refractivity contribution >= 4 is 11.7 Å². The largest absolute Gasteiger partial charge is 0.395 e. The van der Waals surface area contributed by atoms with Crippen molar-refractivity contribution in [3.63, 3.8) is 0 Å². The number of hydrogen-bond acceptors (Lipinski definition) is 7. The van der Waals surface area contributed by atoms with Crippen LogP contribution in [0.5, 0.6) is 0 Å². The van der Waals surface area contributed by atoms with E-state index in [-0.39, 0.29) is 37.6 Å². The molecule has 3 rings (SSSR count). The summed E-state index contributed by atoms with van der Waals surface area (Å²) in [5.74, 6) is -0.230. The second-order valence-electron chi connectivity index (χ2n) is 6.90. The fourth-order valence-corrected chi connectivity index (χ4v) is 3.56. The molecule has 2 aromatic rings. The number of carbonyl (C=O) groups is 1. The van der Waals surface area contributed by atoms with Gasteiger partial charge in [-0.2, -0.15) is 10.2 Å². The number of aliphatic hydroxyl groups excluding tert-OH is 1. The second-order valence-corrected chi connectivity index (χ2v) is 6.90. The molecule has 1 heterocycles. The van der Waals surface area contributed by atoms with Gasteiger partial charge in [0.2, 0.25) is 0 Å². The van der Waals surface area contributed by atoms with Crippen molar-refractivity contribution in [3.8, 4) is 6.07 Å². The third-order valence-corrected chi connectivity index (χ3v) is 5.10. The Kier molecular flexibility index (Phi) is 6.39. The van der Waals surface area contributed by atoms with Crippen molar-refractivity contribution in [3.05, 3.63) is 58.6 Å². The van der Waals surface area contributed by atoms with Gasteiger partial charge in [0.15, 0.2) is 0 Å². The minimum Gasteiger partial charge on any atom is -0.395 e. The monoisotopic (exact) mass is 398 g/mol. The maximum absolute atomic E-state index is 12.5.